The van der Waals surface area contributed by atoms with Crippen LogP contribution in [-0.2, 0) is 6.61 Å². The first-order valence-electron chi connectivity index (χ1n) is 4.93. The highest BCUT2D eigenvalue weighted by Crippen LogP contribution is 2.19. The Labute approximate surface area is 102 Å². The summed E-state index contributed by atoms with van der Waals surface area (Å²) >= 11 is 1.54. The Kier molecular flexibility index (Phi) is 3.35. The summed E-state index contributed by atoms with van der Waals surface area (Å²) in [5.74, 6) is -0.155. The minimum atomic E-state index is -0.564. The fraction of sp³-hybridized carbons (Fsp3) is 0.167. The molecule has 2 aromatic rings. The number of nitriles is 1. The van der Waals surface area contributed by atoms with Gasteiger partial charge in [0, 0.05) is 12.3 Å². The third-order valence-corrected chi connectivity index (χ3v) is 3.00. The molecule has 0 atom stereocenters. The van der Waals surface area contributed by atoms with Crippen molar-refractivity contribution in [1.82, 2.24) is 4.98 Å². The molecular weight excluding hydrogens is 239 g/mol. The first kappa shape index (κ1) is 11.6. The summed E-state index contributed by atoms with van der Waals surface area (Å²) in [6, 6.07) is 5.96. The maximum Gasteiger partial charge on any atom is 0.144 e. The Balaban J connectivity index is 2.05. The monoisotopic (exact) mass is 248 g/mol. The van der Waals surface area contributed by atoms with Crippen LogP contribution >= 0.6 is 11.3 Å². The Bertz CT molecular complexity index is 574. The molecule has 0 aliphatic carbocycles. The molecule has 0 amide bonds. The fourth-order valence-electron chi connectivity index (χ4n) is 1.30. The number of benzene rings is 1. The Morgan fingerprint density at radius 3 is 2.94 bits per heavy atom. The average Bonchev–Trinajstić information content (AvgIpc) is 2.73. The van der Waals surface area contributed by atoms with E-state index in [0.29, 0.717) is 12.4 Å². The summed E-state index contributed by atoms with van der Waals surface area (Å²) in [6.07, 6.45) is 1.74. The first-order chi connectivity index (χ1) is 8.19. The van der Waals surface area contributed by atoms with Gasteiger partial charge in [-0.2, -0.15) is 5.26 Å². The number of rotatable bonds is 3. The van der Waals surface area contributed by atoms with Gasteiger partial charge in [-0.3, -0.25) is 0 Å². The van der Waals surface area contributed by atoms with E-state index in [4.69, 9.17) is 10.00 Å². The molecule has 1 aromatic heterocycles. The van der Waals surface area contributed by atoms with Crippen molar-refractivity contribution in [2.45, 2.75) is 13.5 Å². The molecule has 0 radical (unpaired) electrons. The standard InChI is InChI=1S/C12H9FN2OS/c1-8-15-6-11(17-8)7-16-10-3-2-9(5-14)12(13)4-10/h2-4,6H,7H2,1H3. The summed E-state index contributed by atoms with van der Waals surface area (Å²) in [6.45, 7) is 2.27. The van der Waals surface area contributed by atoms with Crippen LogP contribution in [0.3, 0.4) is 0 Å². The van der Waals surface area contributed by atoms with Crippen LogP contribution in [0.1, 0.15) is 15.4 Å². The lowest BCUT2D eigenvalue weighted by molar-refractivity contribution is 0.308. The summed E-state index contributed by atoms with van der Waals surface area (Å²) in [7, 11) is 0. The molecule has 0 aliphatic rings. The molecule has 0 saturated heterocycles. The highest BCUT2D eigenvalue weighted by molar-refractivity contribution is 7.11. The molecule has 0 bridgehead atoms. The Morgan fingerprint density at radius 2 is 2.35 bits per heavy atom. The second kappa shape index (κ2) is 4.93. The van der Waals surface area contributed by atoms with Crippen molar-refractivity contribution in [1.29, 1.82) is 5.26 Å². The molecule has 5 heteroatoms. The highest BCUT2D eigenvalue weighted by Gasteiger charge is 2.04. The van der Waals surface area contributed by atoms with E-state index in [1.807, 2.05) is 6.92 Å². The number of hydrogen-bond donors (Lipinski definition) is 0. The van der Waals surface area contributed by atoms with Gasteiger partial charge in [0.1, 0.15) is 24.2 Å². The van der Waals surface area contributed by atoms with E-state index in [-0.39, 0.29) is 5.56 Å². The van der Waals surface area contributed by atoms with Crippen LogP contribution in [0.2, 0.25) is 0 Å². The number of halogens is 1. The van der Waals surface area contributed by atoms with Gasteiger partial charge in [-0.25, -0.2) is 9.37 Å². The van der Waals surface area contributed by atoms with Gasteiger partial charge >= 0.3 is 0 Å². The predicted octanol–water partition coefficient (Wildman–Crippen LogP) is 3.04. The lowest BCUT2D eigenvalue weighted by Gasteiger charge is -2.04. The average molecular weight is 248 g/mol. The quantitative estimate of drug-likeness (QED) is 0.838. The van der Waals surface area contributed by atoms with E-state index < -0.39 is 5.82 Å². The number of aryl methyl sites for hydroxylation is 1. The van der Waals surface area contributed by atoms with E-state index in [0.717, 1.165) is 9.88 Å². The van der Waals surface area contributed by atoms with Gasteiger partial charge in [0.05, 0.1) is 15.4 Å². The summed E-state index contributed by atoms with van der Waals surface area (Å²) in [5.41, 5.74) is 0.0194. The van der Waals surface area contributed by atoms with E-state index in [1.54, 1.807) is 18.3 Å². The molecule has 17 heavy (non-hydrogen) atoms. The number of nitrogens with zero attached hydrogens (tertiary/aromatic N) is 2. The molecule has 3 nitrogen and oxygen atoms in total. The fourth-order valence-corrected chi connectivity index (χ4v) is 2.01. The normalized spacial score (nSPS) is 9.94. The summed E-state index contributed by atoms with van der Waals surface area (Å²) < 4.78 is 18.7. The highest BCUT2D eigenvalue weighted by atomic mass is 32.1. The van der Waals surface area contributed by atoms with Crippen molar-refractivity contribution < 1.29 is 9.13 Å². The largest absolute Gasteiger partial charge is 0.488 e. The van der Waals surface area contributed by atoms with Crippen LogP contribution in [0.4, 0.5) is 4.39 Å². The summed E-state index contributed by atoms with van der Waals surface area (Å²) in [4.78, 5) is 5.07. The van der Waals surface area contributed by atoms with Gasteiger partial charge in [0.2, 0.25) is 0 Å². The van der Waals surface area contributed by atoms with Crippen molar-refractivity contribution >= 4 is 11.3 Å². The molecule has 86 valence electrons. The minimum absolute atomic E-state index is 0.0194. The van der Waals surface area contributed by atoms with Gasteiger partial charge < -0.3 is 4.74 Å². The van der Waals surface area contributed by atoms with Crippen molar-refractivity contribution in [2.24, 2.45) is 0 Å². The molecule has 0 unspecified atom stereocenters. The van der Waals surface area contributed by atoms with Gasteiger partial charge in [0.15, 0.2) is 0 Å². The maximum atomic E-state index is 13.3. The lowest BCUT2D eigenvalue weighted by Crippen LogP contribution is -1.94. The topological polar surface area (TPSA) is 45.9 Å². The molecule has 0 spiro atoms. The predicted molar refractivity (Wildman–Crippen MR) is 62.3 cm³/mol. The van der Waals surface area contributed by atoms with Crippen LogP contribution in [0.25, 0.3) is 0 Å². The molecule has 1 heterocycles. The zero-order chi connectivity index (χ0) is 12.3. The van der Waals surface area contributed by atoms with E-state index in [9.17, 15) is 4.39 Å². The molecule has 0 saturated carbocycles. The molecule has 0 fully saturated rings. The zero-order valence-electron chi connectivity index (χ0n) is 9.11. The van der Waals surface area contributed by atoms with Crippen LogP contribution in [0.5, 0.6) is 5.75 Å². The number of thiazole rings is 1. The van der Waals surface area contributed by atoms with Crippen molar-refractivity contribution in [2.75, 3.05) is 0 Å². The Hall–Kier alpha value is -1.93. The van der Waals surface area contributed by atoms with Crippen molar-refractivity contribution in [3.63, 3.8) is 0 Å². The van der Waals surface area contributed by atoms with Crippen molar-refractivity contribution in [3.8, 4) is 11.8 Å². The SMILES string of the molecule is Cc1ncc(COc2ccc(C#N)c(F)c2)s1. The molecule has 2 rings (SSSR count). The molecular formula is C12H9FN2OS. The number of ether oxygens (including phenoxy) is 1. The Morgan fingerprint density at radius 1 is 1.53 bits per heavy atom. The second-order valence-electron chi connectivity index (χ2n) is 3.39. The van der Waals surface area contributed by atoms with E-state index in [1.165, 1.54) is 23.5 Å². The first-order valence-corrected chi connectivity index (χ1v) is 5.74. The van der Waals surface area contributed by atoms with Gasteiger partial charge in [-0.1, -0.05) is 0 Å². The van der Waals surface area contributed by atoms with E-state index >= 15 is 0 Å². The van der Waals surface area contributed by atoms with Gasteiger partial charge in [-0.05, 0) is 19.1 Å². The molecule has 0 N–H and O–H groups in total. The number of hydrogen-bond acceptors (Lipinski definition) is 4. The van der Waals surface area contributed by atoms with Crippen LogP contribution in [0, 0.1) is 24.1 Å². The van der Waals surface area contributed by atoms with E-state index in [2.05, 4.69) is 4.98 Å². The third kappa shape index (κ3) is 2.80. The third-order valence-electron chi connectivity index (χ3n) is 2.11. The second-order valence-corrected chi connectivity index (χ2v) is 4.71. The van der Waals surface area contributed by atoms with Crippen LogP contribution in [0.15, 0.2) is 24.4 Å². The van der Waals surface area contributed by atoms with Crippen molar-refractivity contribution in [3.05, 3.63) is 45.7 Å². The maximum absolute atomic E-state index is 13.3. The van der Waals surface area contributed by atoms with Crippen LogP contribution in [-0.4, -0.2) is 4.98 Å². The molecule has 0 aliphatic heterocycles. The zero-order valence-corrected chi connectivity index (χ0v) is 9.92. The minimum Gasteiger partial charge on any atom is -0.488 e. The van der Waals surface area contributed by atoms with Gasteiger partial charge in [0.25, 0.3) is 0 Å². The van der Waals surface area contributed by atoms with Crippen LogP contribution < -0.4 is 4.74 Å². The summed E-state index contributed by atoms with van der Waals surface area (Å²) in [5, 5.41) is 9.55. The van der Waals surface area contributed by atoms with Gasteiger partial charge in [-0.15, -0.1) is 11.3 Å². The molecule has 1 aromatic carbocycles. The lowest BCUT2D eigenvalue weighted by atomic mass is 10.2. The number of aromatic nitrogens is 1. The smallest absolute Gasteiger partial charge is 0.144 e.